The van der Waals surface area contributed by atoms with Gasteiger partial charge in [0.05, 0.1) is 5.56 Å². The van der Waals surface area contributed by atoms with Gasteiger partial charge >= 0.3 is 6.18 Å². The normalized spacial score (nSPS) is 11.3. The van der Waals surface area contributed by atoms with Crippen molar-refractivity contribution in [3.8, 4) is 11.8 Å². The molecule has 0 bridgehead atoms. The summed E-state index contributed by atoms with van der Waals surface area (Å²) in [5.41, 5.74) is 1.99. The Balaban J connectivity index is 2.04. The molecule has 0 aromatic heterocycles. The van der Waals surface area contributed by atoms with Gasteiger partial charge in [-0.1, -0.05) is 36.1 Å². The highest BCUT2D eigenvalue weighted by atomic mass is 19.4. The van der Waals surface area contributed by atoms with E-state index in [1.807, 2.05) is 37.3 Å². The SMILES string of the molecule is C/C=C/CCc1ccc(C#Cc2ccc(C(F)(F)F)cc2)cc1. The molecule has 0 nitrogen and oxygen atoms in total. The summed E-state index contributed by atoms with van der Waals surface area (Å²) in [6, 6.07) is 12.8. The van der Waals surface area contributed by atoms with Gasteiger partial charge in [0.15, 0.2) is 0 Å². The number of allylic oxidation sites excluding steroid dienone is 2. The van der Waals surface area contributed by atoms with Crippen LogP contribution in [-0.2, 0) is 12.6 Å². The molecule has 0 saturated heterocycles. The van der Waals surface area contributed by atoms with Gasteiger partial charge in [0.25, 0.3) is 0 Å². The Kier molecular flexibility index (Phi) is 5.65. The van der Waals surface area contributed by atoms with E-state index in [9.17, 15) is 13.2 Å². The second-order valence-electron chi connectivity index (χ2n) is 5.13. The van der Waals surface area contributed by atoms with Gasteiger partial charge in [0, 0.05) is 11.1 Å². The molecule has 0 atom stereocenters. The lowest BCUT2D eigenvalue weighted by Gasteiger charge is -2.05. The van der Waals surface area contributed by atoms with Crippen molar-refractivity contribution in [3.05, 3.63) is 82.9 Å². The monoisotopic (exact) mass is 314 g/mol. The second kappa shape index (κ2) is 7.69. The summed E-state index contributed by atoms with van der Waals surface area (Å²) in [7, 11) is 0. The molecule has 2 rings (SSSR count). The van der Waals surface area contributed by atoms with E-state index in [-0.39, 0.29) is 0 Å². The van der Waals surface area contributed by atoms with Crippen molar-refractivity contribution in [2.24, 2.45) is 0 Å². The maximum atomic E-state index is 12.5. The molecule has 0 radical (unpaired) electrons. The molecular formula is C20H17F3. The van der Waals surface area contributed by atoms with Crippen molar-refractivity contribution in [1.29, 1.82) is 0 Å². The molecule has 0 N–H and O–H groups in total. The maximum Gasteiger partial charge on any atom is 0.416 e. The number of halogens is 3. The number of hydrogen-bond acceptors (Lipinski definition) is 0. The first kappa shape index (κ1) is 16.9. The molecule has 118 valence electrons. The zero-order chi connectivity index (χ0) is 16.7. The van der Waals surface area contributed by atoms with Gasteiger partial charge < -0.3 is 0 Å². The Hall–Kier alpha value is -2.47. The fourth-order valence-corrected chi connectivity index (χ4v) is 2.06. The minimum atomic E-state index is -4.31. The van der Waals surface area contributed by atoms with Crippen molar-refractivity contribution in [3.63, 3.8) is 0 Å². The standard InChI is InChI=1S/C20H17F3/c1-2-3-4-5-16-6-8-17(9-7-16)10-11-18-12-14-19(15-13-18)20(21,22)23/h2-3,6-9,12-15H,4-5H2,1H3/b3-2+. The molecular weight excluding hydrogens is 297 g/mol. The van der Waals surface area contributed by atoms with Crippen molar-refractivity contribution < 1.29 is 13.2 Å². The van der Waals surface area contributed by atoms with E-state index in [1.165, 1.54) is 17.7 Å². The number of rotatable bonds is 3. The third kappa shape index (κ3) is 5.34. The van der Waals surface area contributed by atoms with Crippen LogP contribution in [-0.4, -0.2) is 0 Å². The van der Waals surface area contributed by atoms with Gasteiger partial charge in [-0.15, -0.1) is 0 Å². The first-order chi connectivity index (χ1) is 11.0. The van der Waals surface area contributed by atoms with Crippen LogP contribution in [0, 0.1) is 11.8 Å². The van der Waals surface area contributed by atoms with Gasteiger partial charge in [0.2, 0.25) is 0 Å². The molecule has 2 aromatic rings. The highest BCUT2D eigenvalue weighted by Crippen LogP contribution is 2.28. The molecule has 0 fully saturated rings. The first-order valence-corrected chi connectivity index (χ1v) is 7.38. The largest absolute Gasteiger partial charge is 0.416 e. The van der Waals surface area contributed by atoms with E-state index < -0.39 is 11.7 Å². The van der Waals surface area contributed by atoms with Crippen LogP contribution in [0.3, 0.4) is 0 Å². The molecule has 0 spiro atoms. The summed E-state index contributed by atoms with van der Waals surface area (Å²) in [5.74, 6) is 5.85. The minimum Gasteiger partial charge on any atom is -0.166 e. The summed E-state index contributed by atoms with van der Waals surface area (Å²) >= 11 is 0. The number of hydrogen-bond donors (Lipinski definition) is 0. The third-order valence-corrected chi connectivity index (χ3v) is 3.35. The van der Waals surface area contributed by atoms with Crippen LogP contribution < -0.4 is 0 Å². The number of benzene rings is 2. The Morgan fingerprint density at radius 1 is 0.870 bits per heavy atom. The van der Waals surface area contributed by atoms with Gasteiger partial charge in [-0.25, -0.2) is 0 Å². The van der Waals surface area contributed by atoms with E-state index in [0.29, 0.717) is 5.56 Å². The van der Waals surface area contributed by atoms with Crippen LogP contribution in [0.25, 0.3) is 0 Å². The maximum absolute atomic E-state index is 12.5. The average molecular weight is 314 g/mol. The topological polar surface area (TPSA) is 0 Å². The summed E-state index contributed by atoms with van der Waals surface area (Å²) in [6.07, 6.45) is 1.83. The van der Waals surface area contributed by atoms with Crippen LogP contribution in [0.2, 0.25) is 0 Å². The molecule has 0 aliphatic heterocycles. The van der Waals surface area contributed by atoms with Gasteiger partial charge in [-0.3, -0.25) is 0 Å². The molecule has 0 unspecified atom stereocenters. The van der Waals surface area contributed by atoms with E-state index in [1.54, 1.807) is 0 Å². The predicted molar refractivity (Wildman–Crippen MR) is 87.0 cm³/mol. The second-order valence-corrected chi connectivity index (χ2v) is 5.13. The average Bonchev–Trinajstić information content (AvgIpc) is 2.54. The predicted octanol–water partition coefficient (Wildman–Crippen LogP) is 5.61. The van der Waals surface area contributed by atoms with E-state index in [4.69, 9.17) is 0 Å². The highest BCUT2D eigenvalue weighted by molar-refractivity contribution is 5.44. The zero-order valence-electron chi connectivity index (χ0n) is 12.8. The Morgan fingerprint density at radius 3 is 1.87 bits per heavy atom. The quantitative estimate of drug-likeness (QED) is 0.510. The lowest BCUT2D eigenvalue weighted by molar-refractivity contribution is -0.137. The summed E-state index contributed by atoms with van der Waals surface area (Å²) < 4.78 is 37.4. The van der Waals surface area contributed by atoms with Crippen molar-refractivity contribution in [1.82, 2.24) is 0 Å². The highest BCUT2D eigenvalue weighted by Gasteiger charge is 2.29. The van der Waals surface area contributed by atoms with Crippen LogP contribution in [0.5, 0.6) is 0 Å². The Labute approximate surface area is 134 Å². The van der Waals surface area contributed by atoms with E-state index >= 15 is 0 Å². The third-order valence-electron chi connectivity index (χ3n) is 3.35. The van der Waals surface area contributed by atoms with Crippen LogP contribution in [0.15, 0.2) is 60.7 Å². The lowest BCUT2D eigenvalue weighted by Crippen LogP contribution is -2.04. The van der Waals surface area contributed by atoms with E-state index in [0.717, 1.165) is 30.5 Å². The number of alkyl halides is 3. The Bertz CT molecular complexity index is 709. The summed E-state index contributed by atoms with van der Waals surface area (Å²) in [6.45, 7) is 2.00. The molecule has 0 heterocycles. The fourth-order valence-electron chi connectivity index (χ4n) is 2.06. The lowest BCUT2D eigenvalue weighted by atomic mass is 10.1. The first-order valence-electron chi connectivity index (χ1n) is 7.38. The van der Waals surface area contributed by atoms with Gasteiger partial charge in [-0.05, 0) is 61.7 Å². The fraction of sp³-hybridized carbons (Fsp3) is 0.200. The molecule has 0 amide bonds. The summed E-state index contributed by atoms with van der Waals surface area (Å²) in [5, 5.41) is 0. The molecule has 0 aliphatic carbocycles. The molecule has 3 heteroatoms. The van der Waals surface area contributed by atoms with Crippen molar-refractivity contribution in [2.75, 3.05) is 0 Å². The molecule has 0 aliphatic rings. The number of aryl methyl sites for hydroxylation is 1. The van der Waals surface area contributed by atoms with Crippen LogP contribution in [0.4, 0.5) is 13.2 Å². The minimum absolute atomic E-state index is 0.565. The van der Waals surface area contributed by atoms with Gasteiger partial charge in [-0.2, -0.15) is 13.2 Å². The van der Waals surface area contributed by atoms with Crippen molar-refractivity contribution >= 4 is 0 Å². The molecule has 23 heavy (non-hydrogen) atoms. The zero-order valence-corrected chi connectivity index (χ0v) is 12.8. The van der Waals surface area contributed by atoms with Crippen molar-refractivity contribution in [2.45, 2.75) is 25.9 Å². The molecule has 0 saturated carbocycles. The summed E-state index contributed by atoms with van der Waals surface area (Å²) in [4.78, 5) is 0. The van der Waals surface area contributed by atoms with Gasteiger partial charge in [0.1, 0.15) is 0 Å². The molecule has 2 aromatic carbocycles. The van der Waals surface area contributed by atoms with Crippen LogP contribution in [0.1, 0.15) is 35.6 Å². The Morgan fingerprint density at radius 2 is 1.39 bits per heavy atom. The van der Waals surface area contributed by atoms with Crippen LogP contribution >= 0.6 is 0 Å². The van der Waals surface area contributed by atoms with E-state index in [2.05, 4.69) is 17.9 Å². The smallest absolute Gasteiger partial charge is 0.166 e.